The molecule has 0 aliphatic rings. The van der Waals surface area contributed by atoms with Gasteiger partial charge in [-0.1, -0.05) is 23.7 Å². The molecular formula is C14H11BrClFN2O. The van der Waals surface area contributed by atoms with Crippen LogP contribution in [0.3, 0.4) is 0 Å². The minimum absolute atomic E-state index is 0.0636. The number of hydrogen-bond donors (Lipinski definition) is 2. The van der Waals surface area contributed by atoms with Crippen LogP contribution in [0.2, 0.25) is 5.02 Å². The SMILES string of the molecule is N=C(N)c1ccc(OCc2cccc(F)c2Br)c(Cl)c1. The van der Waals surface area contributed by atoms with E-state index in [1.54, 1.807) is 30.3 Å². The van der Waals surface area contributed by atoms with Crippen LogP contribution in [0.4, 0.5) is 4.39 Å². The van der Waals surface area contributed by atoms with Crippen LogP contribution in [0.1, 0.15) is 11.1 Å². The van der Waals surface area contributed by atoms with E-state index in [0.717, 1.165) is 0 Å². The molecule has 0 amide bonds. The van der Waals surface area contributed by atoms with Gasteiger partial charge < -0.3 is 10.5 Å². The molecule has 6 heteroatoms. The molecule has 2 aromatic rings. The van der Waals surface area contributed by atoms with Gasteiger partial charge in [-0.15, -0.1) is 0 Å². The van der Waals surface area contributed by atoms with E-state index in [4.69, 9.17) is 27.5 Å². The van der Waals surface area contributed by atoms with E-state index in [-0.39, 0.29) is 18.3 Å². The van der Waals surface area contributed by atoms with Gasteiger partial charge in [0.2, 0.25) is 0 Å². The van der Waals surface area contributed by atoms with Gasteiger partial charge in [0.05, 0.1) is 9.50 Å². The van der Waals surface area contributed by atoms with Gasteiger partial charge in [0, 0.05) is 11.1 Å². The zero-order valence-corrected chi connectivity index (χ0v) is 12.6. The number of ether oxygens (including phenoxy) is 1. The summed E-state index contributed by atoms with van der Waals surface area (Å²) in [6.45, 7) is 0.178. The Morgan fingerprint density at radius 2 is 2.10 bits per heavy atom. The number of halogens is 3. The topological polar surface area (TPSA) is 59.1 Å². The number of nitrogen functional groups attached to an aromatic ring is 1. The van der Waals surface area contributed by atoms with Crippen LogP contribution in [-0.2, 0) is 6.61 Å². The molecule has 0 saturated heterocycles. The number of nitrogens with two attached hydrogens (primary N) is 1. The standard InChI is InChI=1S/C14H11BrClFN2O/c15-13-9(2-1-3-11(13)17)7-20-12-5-4-8(14(18)19)6-10(12)16/h1-6H,7H2,(H3,18,19). The van der Waals surface area contributed by atoms with Crippen molar-refractivity contribution < 1.29 is 9.13 Å². The number of nitrogens with one attached hydrogen (secondary N) is 1. The normalized spacial score (nSPS) is 10.3. The lowest BCUT2D eigenvalue weighted by molar-refractivity contribution is 0.305. The second-order valence-corrected chi connectivity index (χ2v) is 5.26. The maximum Gasteiger partial charge on any atom is 0.138 e. The smallest absolute Gasteiger partial charge is 0.138 e. The van der Waals surface area contributed by atoms with Crippen molar-refractivity contribution in [1.82, 2.24) is 0 Å². The molecule has 0 atom stereocenters. The second-order valence-electron chi connectivity index (χ2n) is 4.06. The van der Waals surface area contributed by atoms with Crippen molar-refractivity contribution in [3.63, 3.8) is 0 Å². The summed E-state index contributed by atoms with van der Waals surface area (Å²) in [6, 6.07) is 9.56. The lowest BCUT2D eigenvalue weighted by atomic mass is 10.2. The van der Waals surface area contributed by atoms with E-state index >= 15 is 0 Å². The Morgan fingerprint density at radius 1 is 1.35 bits per heavy atom. The number of rotatable bonds is 4. The highest BCUT2D eigenvalue weighted by atomic mass is 79.9. The predicted molar refractivity (Wildman–Crippen MR) is 80.9 cm³/mol. The minimum atomic E-state index is -0.343. The predicted octanol–water partition coefficient (Wildman–Crippen LogP) is 4.10. The van der Waals surface area contributed by atoms with Crippen molar-refractivity contribution in [2.45, 2.75) is 6.61 Å². The second kappa shape index (κ2) is 6.24. The third kappa shape index (κ3) is 3.29. The molecule has 3 nitrogen and oxygen atoms in total. The molecule has 3 N–H and O–H groups in total. The summed E-state index contributed by atoms with van der Waals surface area (Å²) in [7, 11) is 0. The maximum atomic E-state index is 13.4. The zero-order chi connectivity index (χ0) is 14.7. The molecule has 0 aliphatic heterocycles. The van der Waals surface area contributed by atoms with E-state index in [0.29, 0.717) is 26.4 Å². The van der Waals surface area contributed by atoms with Crippen LogP contribution in [0, 0.1) is 11.2 Å². The molecule has 104 valence electrons. The lowest BCUT2D eigenvalue weighted by Gasteiger charge is -2.10. The Balaban J connectivity index is 2.15. The third-order valence-corrected chi connectivity index (χ3v) is 3.84. The van der Waals surface area contributed by atoms with Crippen molar-refractivity contribution >= 4 is 33.4 Å². The molecule has 0 bridgehead atoms. The average Bonchev–Trinajstić information content (AvgIpc) is 2.41. The first-order valence-corrected chi connectivity index (χ1v) is 6.85. The van der Waals surface area contributed by atoms with E-state index in [1.807, 2.05) is 0 Å². The molecule has 0 heterocycles. The fourth-order valence-corrected chi connectivity index (χ4v) is 2.21. The van der Waals surface area contributed by atoms with E-state index < -0.39 is 0 Å². The fraction of sp³-hybridized carbons (Fsp3) is 0.0714. The maximum absolute atomic E-state index is 13.4. The zero-order valence-electron chi connectivity index (χ0n) is 10.3. The molecule has 0 aliphatic carbocycles. The Morgan fingerprint density at radius 3 is 2.75 bits per heavy atom. The number of benzene rings is 2. The highest BCUT2D eigenvalue weighted by molar-refractivity contribution is 9.10. The lowest BCUT2D eigenvalue weighted by Crippen LogP contribution is -2.10. The van der Waals surface area contributed by atoms with Crippen LogP contribution in [0.15, 0.2) is 40.9 Å². The van der Waals surface area contributed by atoms with E-state index in [1.165, 1.54) is 6.07 Å². The molecule has 0 radical (unpaired) electrons. The molecular weight excluding hydrogens is 347 g/mol. The third-order valence-electron chi connectivity index (χ3n) is 2.66. The largest absolute Gasteiger partial charge is 0.487 e. The first-order valence-electron chi connectivity index (χ1n) is 5.68. The summed E-state index contributed by atoms with van der Waals surface area (Å²) in [5.41, 5.74) is 6.57. The van der Waals surface area contributed by atoms with Crippen LogP contribution < -0.4 is 10.5 Å². The van der Waals surface area contributed by atoms with Crippen LogP contribution >= 0.6 is 27.5 Å². The van der Waals surface area contributed by atoms with Crippen molar-refractivity contribution in [1.29, 1.82) is 5.41 Å². The number of amidine groups is 1. The minimum Gasteiger partial charge on any atom is -0.487 e. The van der Waals surface area contributed by atoms with E-state index in [9.17, 15) is 4.39 Å². The van der Waals surface area contributed by atoms with Gasteiger partial charge in [0.15, 0.2) is 0 Å². The average molecular weight is 358 g/mol. The molecule has 0 unspecified atom stereocenters. The van der Waals surface area contributed by atoms with Crippen LogP contribution in [0.5, 0.6) is 5.75 Å². The van der Waals surface area contributed by atoms with E-state index in [2.05, 4.69) is 15.9 Å². The summed E-state index contributed by atoms with van der Waals surface area (Å²) in [5, 5.41) is 7.67. The molecule has 2 aromatic carbocycles. The molecule has 0 spiro atoms. The highest BCUT2D eigenvalue weighted by Gasteiger charge is 2.08. The van der Waals surface area contributed by atoms with Gasteiger partial charge in [0.1, 0.15) is 24.0 Å². The Bertz CT molecular complexity index is 664. The van der Waals surface area contributed by atoms with Crippen molar-refractivity contribution in [2.75, 3.05) is 0 Å². The summed E-state index contributed by atoms with van der Waals surface area (Å²) in [5.74, 6) is 0.0447. The fourth-order valence-electron chi connectivity index (χ4n) is 1.60. The van der Waals surface area contributed by atoms with Gasteiger partial charge in [-0.3, -0.25) is 5.41 Å². The Kier molecular flexibility index (Phi) is 4.62. The van der Waals surface area contributed by atoms with Crippen molar-refractivity contribution in [2.24, 2.45) is 5.73 Å². The van der Waals surface area contributed by atoms with Gasteiger partial charge in [0.25, 0.3) is 0 Å². The van der Waals surface area contributed by atoms with Crippen molar-refractivity contribution in [3.05, 3.63) is 62.8 Å². The highest BCUT2D eigenvalue weighted by Crippen LogP contribution is 2.28. The summed E-state index contributed by atoms with van der Waals surface area (Å²) in [4.78, 5) is 0. The Hall–Kier alpha value is -1.59. The van der Waals surface area contributed by atoms with Gasteiger partial charge in [-0.25, -0.2) is 4.39 Å². The molecule has 20 heavy (non-hydrogen) atoms. The monoisotopic (exact) mass is 356 g/mol. The first kappa shape index (κ1) is 14.8. The van der Waals surface area contributed by atoms with Gasteiger partial charge in [-0.05, 0) is 40.2 Å². The molecule has 0 aromatic heterocycles. The summed E-state index contributed by atoms with van der Waals surface area (Å²) >= 11 is 9.22. The van der Waals surface area contributed by atoms with Gasteiger partial charge in [-0.2, -0.15) is 0 Å². The van der Waals surface area contributed by atoms with Crippen molar-refractivity contribution in [3.8, 4) is 5.75 Å². The Labute approximate surface area is 129 Å². The van der Waals surface area contributed by atoms with Crippen LogP contribution in [-0.4, -0.2) is 5.84 Å². The molecule has 0 fully saturated rings. The first-order chi connectivity index (χ1) is 9.49. The summed E-state index contributed by atoms with van der Waals surface area (Å²) in [6.07, 6.45) is 0. The van der Waals surface area contributed by atoms with Crippen LogP contribution in [0.25, 0.3) is 0 Å². The quantitative estimate of drug-likeness (QED) is 0.639. The number of hydrogen-bond acceptors (Lipinski definition) is 2. The van der Waals surface area contributed by atoms with Gasteiger partial charge >= 0.3 is 0 Å². The molecule has 2 rings (SSSR count). The summed E-state index contributed by atoms with van der Waals surface area (Å²) < 4.78 is 19.3. The molecule has 0 saturated carbocycles.